The van der Waals surface area contributed by atoms with Gasteiger partial charge in [-0.05, 0) is 12.1 Å². The summed E-state index contributed by atoms with van der Waals surface area (Å²) in [4.78, 5) is 14.6. The van der Waals surface area contributed by atoms with Crippen LogP contribution in [-0.2, 0) is 11.3 Å². The number of amides is 1. The number of rotatable bonds is 2. The molecule has 1 unspecified atom stereocenters. The highest BCUT2D eigenvalue weighted by Crippen LogP contribution is 1.92. The summed E-state index contributed by atoms with van der Waals surface area (Å²) in [5, 5.41) is 0. The van der Waals surface area contributed by atoms with Gasteiger partial charge in [0.05, 0.1) is 0 Å². The first-order valence-electron chi connectivity index (χ1n) is 3.03. The van der Waals surface area contributed by atoms with Gasteiger partial charge in [-0.3, -0.25) is 14.3 Å². The Hall–Kier alpha value is -1.27. The average molecular weight is 186 g/mol. The molecule has 1 atom stereocenters. The fourth-order valence-corrected chi connectivity index (χ4v) is 0.892. The first-order chi connectivity index (χ1) is 5.70. The Morgan fingerprint density at radius 3 is 2.83 bits per heavy atom. The SMILES string of the molecule is O=C(NS(=O)O)c1ccccn1. The number of hydrogen-bond donors (Lipinski definition) is 2. The smallest absolute Gasteiger partial charge is 0.283 e. The summed E-state index contributed by atoms with van der Waals surface area (Å²) < 4.78 is 20.2. The third-order valence-corrected chi connectivity index (χ3v) is 1.44. The molecular weight excluding hydrogens is 180 g/mol. The number of carbonyl (C=O) groups is 1. The monoisotopic (exact) mass is 186 g/mol. The number of carbonyl (C=O) groups excluding carboxylic acids is 1. The lowest BCUT2D eigenvalue weighted by Crippen LogP contribution is -2.25. The van der Waals surface area contributed by atoms with Crippen LogP contribution < -0.4 is 4.72 Å². The van der Waals surface area contributed by atoms with Crippen LogP contribution in [0.2, 0.25) is 0 Å². The largest absolute Gasteiger partial charge is 0.289 e. The van der Waals surface area contributed by atoms with Crippen LogP contribution in [0.4, 0.5) is 0 Å². The molecule has 0 spiro atoms. The molecule has 0 radical (unpaired) electrons. The van der Waals surface area contributed by atoms with Crippen molar-refractivity contribution in [1.82, 2.24) is 9.71 Å². The van der Waals surface area contributed by atoms with E-state index < -0.39 is 17.2 Å². The van der Waals surface area contributed by atoms with Gasteiger partial charge in [0, 0.05) is 6.20 Å². The molecule has 0 bridgehead atoms. The maximum absolute atomic E-state index is 10.9. The Bertz CT molecular complexity index is 301. The zero-order valence-corrected chi connectivity index (χ0v) is 6.75. The Balaban J connectivity index is 2.73. The molecule has 0 saturated heterocycles. The third kappa shape index (κ3) is 2.40. The van der Waals surface area contributed by atoms with E-state index in [4.69, 9.17) is 4.55 Å². The molecule has 2 N–H and O–H groups in total. The van der Waals surface area contributed by atoms with E-state index in [0.717, 1.165) is 0 Å². The van der Waals surface area contributed by atoms with Crippen molar-refractivity contribution in [2.24, 2.45) is 0 Å². The van der Waals surface area contributed by atoms with Crippen molar-refractivity contribution >= 4 is 17.2 Å². The first kappa shape index (κ1) is 8.82. The fraction of sp³-hybridized carbons (Fsp3) is 0. The summed E-state index contributed by atoms with van der Waals surface area (Å²) in [5.41, 5.74) is 0.111. The number of hydrogen-bond acceptors (Lipinski definition) is 3. The molecular formula is C6H6N2O3S. The third-order valence-electron chi connectivity index (χ3n) is 1.08. The molecule has 12 heavy (non-hydrogen) atoms. The van der Waals surface area contributed by atoms with Crippen LogP contribution in [0.5, 0.6) is 0 Å². The maximum atomic E-state index is 10.9. The van der Waals surface area contributed by atoms with Crippen LogP contribution >= 0.6 is 0 Å². The maximum Gasteiger partial charge on any atom is 0.283 e. The van der Waals surface area contributed by atoms with E-state index in [1.165, 1.54) is 12.3 Å². The lowest BCUT2D eigenvalue weighted by atomic mass is 10.3. The van der Waals surface area contributed by atoms with Crippen molar-refractivity contribution in [2.45, 2.75) is 0 Å². The molecule has 0 aliphatic carbocycles. The van der Waals surface area contributed by atoms with E-state index in [0.29, 0.717) is 0 Å². The van der Waals surface area contributed by atoms with Crippen LogP contribution in [0.1, 0.15) is 10.5 Å². The Morgan fingerprint density at radius 2 is 2.33 bits per heavy atom. The summed E-state index contributed by atoms with van der Waals surface area (Å²) in [5.74, 6) is -0.670. The quantitative estimate of drug-likeness (QED) is 0.634. The van der Waals surface area contributed by atoms with Crippen molar-refractivity contribution in [3.63, 3.8) is 0 Å². The van der Waals surface area contributed by atoms with Crippen LogP contribution in [0.3, 0.4) is 0 Å². The first-order valence-corrected chi connectivity index (χ1v) is 4.13. The summed E-state index contributed by atoms with van der Waals surface area (Å²) in [6.45, 7) is 0. The van der Waals surface area contributed by atoms with Crippen molar-refractivity contribution in [2.75, 3.05) is 0 Å². The van der Waals surface area contributed by atoms with E-state index in [9.17, 15) is 9.00 Å². The highest BCUT2D eigenvalue weighted by atomic mass is 32.2. The van der Waals surface area contributed by atoms with Crippen LogP contribution in [0.15, 0.2) is 24.4 Å². The summed E-state index contributed by atoms with van der Waals surface area (Å²) >= 11 is -2.34. The van der Waals surface area contributed by atoms with Gasteiger partial charge in [-0.15, -0.1) is 0 Å². The van der Waals surface area contributed by atoms with Crippen molar-refractivity contribution < 1.29 is 13.6 Å². The number of nitrogens with zero attached hydrogens (tertiary/aromatic N) is 1. The van der Waals surface area contributed by atoms with Gasteiger partial charge in [0.25, 0.3) is 17.2 Å². The molecule has 6 heteroatoms. The van der Waals surface area contributed by atoms with E-state index >= 15 is 0 Å². The second-order valence-corrected chi connectivity index (χ2v) is 2.60. The van der Waals surface area contributed by atoms with Gasteiger partial charge in [0.15, 0.2) is 0 Å². The summed E-state index contributed by atoms with van der Waals surface area (Å²) in [6, 6.07) is 4.71. The van der Waals surface area contributed by atoms with Crippen LogP contribution in [0.25, 0.3) is 0 Å². The molecule has 64 valence electrons. The molecule has 5 nitrogen and oxygen atoms in total. The lowest BCUT2D eigenvalue weighted by Gasteiger charge is -1.97. The minimum atomic E-state index is -2.34. The number of aromatic nitrogens is 1. The van der Waals surface area contributed by atoms with E-state index in [1.807, 2.05) is 0 Å². The molecule has 1 aromatic heterocycles. The Labute approximate surface area is 71.2 Å². The fourth-order valence-electron chi connectivity index (χ4n) is 0.629. The van der Waals surface area contributed by atoms with Gasteiger partial charge in [0.2, 0.25) is 0 Å². The molecule has 1 heterocycles. The topological polar surface area (TPSA) is 79.3 Å². The predicted octanol–water partition coefficient (Wildman–Crippen LogP) is -0.0519. The van der Waals surface area contributed by atoms with Gasteiger partial charge in [-0.2, -0.15) is 0 Å². The molecule has 0 saturated carbocycles. The minimum Gasteiger partial charge on any atom is -0.289 e. The lowest BCUT2D eigenvalue weighted by molar-refractivity contribution is 0.0976. The van der Waals surface area contributed by atoms with Gasteiger partial charge >= 0.3 is 0 Å². The molecule has 0 aliphatic rings. The molecule has 1 rings (SSSR count). The Kier molecular flexibility index (Phi) is 2.89. The van der Waals surface area contributed by atoms with Crippen molar-refractivity contribution in [3.8, 4) is 0 Å². The molecule has 1 amide bonds. The predicted molar refractivity (Wildman–Crippen MR) is 42.5 cm³/mol. The molecule has 0 fully saturated rings. The van der Waals surface area contributed by atoms with Crippen LogP contribution in [0, 0.1) is 0 Å². The average Bonchev–Trinajstić information content (AvgIpc) is 2.05. The second kappa shape index (κ2) is 3.93. The van der Waals surface area contributed by atoms with Gasteiger partial charge < -0.3 is 0 Å². The molecule has 0 aliphatic heterocycles. The highest BCUT2D eigenvalue weighted by molar-refractivity contribution is 7.77. The zero-order valence-electron chi connectivity index (χ0n) is 5.93. The highest BCUT2D eigenvalue weighted by Gasteiger charge is 2.06. The second-order valence-electron chi connectivity index (χ2n) is 1.90. The molecule has 1 aromatic rings. The molecule has 0 aromatic carbocycles. The van der Waals surface area contributed by atoms with Crippen molar-refractivity contribution in [1.29, 1.82) is 0 Å². The van der Waals surface area contributed by atoms with E-state index in [-0.39, 0.29) is 5.69 Å². The summed E-state index contributed by atoms with van der Waals surface area (Å²) in [7, 11) is 0. The van der Waals surface area contributed by atoms with E-state index in [1.54, 1.807) is 16.9 Å². The van der Waals surface area contributed by atoms with Crippen LogP contribution in [-0.4, -0.2) is 19.7 Å². The minimum absolute atomic E-state index is 0.111. The normalized spacial score (nSPS) is 12.1. The summed E-state index contributed by atoms with van der Waals surface area (Å²) in [6.07, 6.45) is 1.43. The number of pyridine rings is 1. The van der Waals surface area contributed by atoms with Gasteiger partial charge in [-0.25, -0.2) is 8.93 Å². The zero-order chi connectivity index (χ0) is 8.97. The van der Waals surface area contributed by atoms with Gasteiger partial charge in [0.1, 0.15) is 5.69 Å². The number of nitrogens with one attached hydrogen (secondary N) is 1. The Morgan fingerprint density at radius 1 is 1.58 bits per heavy atom. The van der Waals surface area contributed by atoms with Gasteiger partial charge in [-0.1, -0.05) is 6.07 Å². The van der Waals surface area contributed by atoms with Crippen molar-refractivity contribution in [3.05, 3.63) is 30.1 Å². The van der Waals surface area contributed by atoms with E-state index in [2.05, 4.69) is 4.98 Å². The standard InChI is InChI=1S/C6H6N2O3S/c9-6(8-12(10)11)5-3-1-2-4-7-5/h1-4H,(H,8,9)(H,10,11).